The Morgan fingerprint density at radius 3 is 2.61 bits per heavy atom. The molecule has 6 nitrogen and oxygen atoms in total. The van der Waals surface area contributed by atoms with E-state index >= 15 is 0 Å². The molecule has 0 saturated carbocycles. The van der Waals surface area contributed by atoms with Gasteiger partial charge in [-0.2, -0.15) is 0 Å². The molecule has 3 rings (SSSR count). The minimum atomic E-state index is -3.40. The van der Waals surface area contributed by atoms with Crippen LogP contribution in [0, 0.1) is 0 Å². The number of fused-ring (bicyclic) bond motifs is 1. The van der Waals surface area contributed by atoms with Crippen molar-refractivity contribution in [1.82, 2.24) is 0 Å². The van der Waals surface area contributed by atoms with Crippen molar-refractivity contribution in [3.05, 3.63) is 47.0 Å². The van der Waals surface area contributed by atoms with Crippen LogP contribution in [0.2, 0.25) is 5.02 Å². The zero-order valence-corrected chi connectivity index (χ0v) is 13.6. The third-order valence-corrected chi connectivity index (χ3v) is 4.69. The number of sulfone groups is 1. The van der Waals surface area contributed by atoms with E-state index in [4.69, 9.17) is 21.1 Å². The van der Waals surface area contributed by atoms with Gasteiger partial charge in [-0.3, -0.25) is 4.79 Å². The number of benzene rings is 2. The largest absolute Gasteiger partial charge is 0.454 e. The molecule has 0 unspecified atom stereocenters. The summed E-state index contributed by atoms with van der Waals surface area (Å²) in [6, 6.07) is 8.89. The number of carbonyl (C=O) groups is 1. The van der Waals surface area contributed by atoms with Gasteiger partial charge in [0.15, 0.2) is 21.3 Å². The van der Waals surface area contributed by atoms with Crippen molar-refractivity contribution in [3.8, 4) is 11.5 Å². The monoisotopic (exact) mass is 353 g/mol. The maximum absolute atomic E-state index is 12.3. The van der Waals surface area contributed by atoms with E-state index in [2.05, 4.69) is 5.32 Å². The van der Waals surface area contributed by atoms with Gasteiger partial charge in [0.1, 0.15) is 0 Å². The van der Waals surface area contributed by atoms with E-state index in [0.29, 0.717) is 17.1 Å². The zero-order valence-electron chi connectivity index (χ0n) is 12.0. The molecular weight excluding hydrogens is 342 g/mol. The molecule has 2 aromatic carbocycles. The Morgan fingerprint density at radius 1 is 1.13 bits per heavy atom. The Labute approximate surface area is 137 Å². The Morgan fingerprint density at radius 2 is 1.87 bits per heavy atom. The molecule has 0 aliphatic carbocycles. The van der Waals surface area contributed by atoms with Crippen LogP contribution < -0.4 is 14.8 Å². The van der Waals surface area contributed by atoms with Gasteiger partial charge in [0, 0.05) is 11.8 Å². The summed E-state index contributed by atoms with van der Waals surface area (Å²) < 4.78 is 33.6. The van der Waals surface area contributed by atoms with Gasteiger partial charge in [-0.15, -0.1) is 0 Å². The zero-order chi connectivity index (χ0) is 16.6. The van der Waals surface area contributed by atoms with Gasteiger partial charge in [-0.1, -0.05) is 11.6 Å². The molecule has 1 aliphatic rings. The number of anilines is 1. The topological polar surface area (TPSA) is 81.7 Å². The van der Waals surface area contributed by atoms with Gasteiger partial charge >= 0.3 is 0 Å². The van der Waals surface area contributed by atoms with E-state index < -0.39 is 15.7 Å². The molecule has 0 atom stereocenters. The molecule has 120 valence electrons. The van der Waals surface area contributed by atoms with Gasteiger partial charge in [0.05, 0.1) is 15.6 Å². The summed E-state index contributed by atoms with van der Waals surface area (Å²) >= 11 is 6.02. The van der Waals surface area contributed by atoms with Crippen molar-refractivity contribution in [3.63, 3.8) is 0 Å². The van der Waals surface area contributed by atoms with Crippen LogP contribution in [0.15, 0.2) is 41.3 Å². The minimum absolute atomic E-state index is 0.0721. The molecule has 2 aromatic rings. The fourth-order valence-corrected chi connectivity index (χ4v) is 2.88. The highest BCUT2D eigenvalue weighted by Gasteiger charge is 2.17. The standard InChI is InChI=1S/C15H12ClNO5S/c1-23(19,20)10-3-4-11(16)12(7-10)17-15(18)9-2-5-13-14(6-9)22-8-21-13/h2-7H,8H2,1H3,(H,17,18). The van der Waals surface area contributed by atoms with Crippen LogP contribution in [0.5, 0.6) is 11.5 Å². The molecule has 0 fully saturated rings. The summed E-state index contributed by atoms with van der Waals surface area (Å²) in [5, 5.41) is 2.84. The van der Waals surface area contributed by atoms with Gasteiger partial charge in [-0.05, 0) is 36.4 Å². The van der Waals surface area contributed by atoms with Crippen LogP contribution >= 0.6 is 11.6 Å². The van der Waals surface area contributed by atoms with Gasteiger partial charge in [0.2, 0.25) is 6.79 Å². The molecule has 0 aromatic heterocycles. The van der Waals surface area contributed by atoms with Crippen LogP contribution in [0.3, 0.4) is 0 Å². The lowest BCUT2D eigenvalue weighted by atomic mass is 10.2. The smallest absolute Gasteiger partial charge is 0.255 e. The van der Waals surface area contributed by atoms with Crippen LogP contribution in [-0.4, -0.2) is 27.4 Å². The van der Waals surface area contributed by atoms with Crippen molar-refractivity contribution in [1.29, 1.82) is 0 Å². The summed E-state index contributed by atoms with van der Waals surface area (Å²) in [5.74, 6) is 0.614. The summed E-state index contributed by atoms with van der Waals surface area (Å²) in [5.41, 5.74) is 0.562. The third kappa shape index (κ3) is 3.25. The van der Waals surface area contributed by atoms with Crippen molar-refractivity contribution in [2.75, 3.05) is 18.4 Å². The second-order valence-electron chi connectivity index (χ2n) is 4.94. The first kappa shape index (κ1) is 15.6. The van der Waals surface area contributed by atoms with Crippen molar-refractivity contribution >= 4 is 33.0 Å². The first-order chi connectivity index (χ1) is 10.8. The van der Waals surface area contributed by atoms with Crippen LogP contribution in [0.4, 0.5) is 5.69 Å². The summed E-state index contributed by atoms with van der Waals surface area (Å²) in [7, 11) is -3.40. The van der Waals surface area contributed by atoms with Crippen molar-refractivity contribution in [2.45, 2.75) is 4.90 Å². The van der Waals surface area contributed by atoms with Crippen LogP contribution in [-0.2, 0) is 9.84 Å². The molecule has 0 saturated heterocycles. The van der Waals surface area contributed by atoms with Crippen molar-refractivity contribution < 1.29 is 22.7 Å². The number of hydrogen-bond donors (Lipinski definition) is 1. The lowest BCUT2D eigenvalue weighted by Gasteiger charge is -2.09. The maximum Gasteiger partial charge on any atom is 0.255 e. The van der Waals surface area contributed by atoms with Gasteiger partial charge < -0.3 is 14.8 Å². The number of amides is 1. The Kier molecular flexibility index (Phi) is 3.91. The van der Waals surface area contributed by atoms with Gasteiger partial charge in [-0.25, -0.2) is 8.42 Å². The second kappa shape index (κ2) is 5.75. The molecular formula is C15H12ClNO5S. The highest BCUT2D eigenvalue weighted by atomic mass is 35.5. The lowest BCUT2D eigenvalue weighted by molar-refractivity contribution is 0.102. The maximum atomic E-state index is 12.3. The van der Waals surface area contributed by atoms with E-state index in [0.717, 1.165) is 6.26 Å². The third-order valence-electron chi connectivity index (χ3n) is 3.25. The fourth-order valence-electron chi connectivity index (χ4n) is 2.06. The molecule has 1 amide bonds. The SMILES string of the molecule is CS(=O)(=O)c1ccc(Cl)c(NC(=O)c2ccc3c(c2)OCO3)c1. The molecule has 23 heavy (non-hydrogen) atoms. The number of ether oxygens (including phenoxy) is 2. The van der Waals surface area contributed by atoms with Gasteiger partial charge in [0.25, 0.3) is 5.91 Å². The average molecular weight is 354 g/mol. The second-order valence-corrected chi connectivity index (χ2v) is 7.36. The van der Waals surface area contributed by atoms with E-state index in [1.54, 1.807) is 18.2 Å². The first-order valence-corrected chi connectivity index (χ1v) is 8.82. The molecule has 8 heteroatoms. The summed E-state index contributed by atoms with van der Waals surface area (Å²) in [6.07, 6.45) is 1.08. The molecule has 0 spiro atoms. The Hall–Kier alpha value is -2.25. The predicted molar refractivity (Wildman–Crippen MR) is 85.1 cm³/mol. The number of carbonyl (C=O) groups excluding carboxylic acids is 1. The lowest BCUT2D eigenvalue weighted by Crippen LogP contribution is -2.12. The molecule has 1 aliphatic heterocycles. The number of nitrogens with one attached hydrogen (secondary N) is 1. The molecule has 1 heterocycles. The Balaban J connectivity index is 1.88. The van der Waals surface area contributed by atoms with E-state index in [9.17, 15) is 13.2 Å². The van der Waals surface area contributed by atoms with Crippen LogP contribution in [0.1, 0.15) is 10.4 Å². The summed E-state index contributed by atoms with van der Waals surface area (Å²) in [4.78, 5) is 12.4. The predicted octanol–water partition coefficient (Wildman–Crippen LogP) is 2.72. The fraction of sp³-hybridized carbons (Fsp3) is 0.133. The highest BCUT2D eigenvalue weighted by Crippen LogP contribution is 2.33. The van der Waals surface area contributed by atoms with Crippen molar-refractivity contribution in [2.24, 2.45) is 0 Å². The number of rotatable bonds is 3. The minimum Gasteiger partial charge on any atom is -0.454 e. The van der Waals surface area contributed by atoms with E-state index in [-0.39, 0.29) is 22.4 Å². The van der Waals surface area contributed by atoms with E-state index in [1.807, 2.05) is 0 Å². The summed E-state index contributed by atoms with van der Waals surface area (Å²) in [6.45, 7) is 0.114. The molecule has 0 bridgehead atoms. The first-order valence-electron chi connectivity index (χ1n) is 6.55. The normalized spacial score (nSPS) is 13.0. The molecule has 0 radical (unpaired) electrons. The van der Waals surface area contributed by atoms with E-state index in [1.165, 1.54) is 18.2 Å². The average Bonchev–Trinajstić information content (AvgIpc) is 2.95. The number of hydrogen-bond acceptors (Lipinski definition) is 5. The quantitative estimate of drug-likeness (QED) is 0.917. The Bertz CT molecular complexity index is 895. The van der Waals surface area contributed by atoms with Crippen LogP contribution in [0.25, 0.3) is 0 Å². The number of halogens is 1. The highest BCUT2D eigenvalue weighted by molar-refractivity contribution is 7.90. The molecule has 1 N–H and O–H groups in total.